The van der Waals surface area contributed by atoms with Crippen molar-refractivity contribution in [2.75, 3.05) is 0 Å². The Hall–Kier alpha value is -2.17. The van der Waals surface area contributed by atoms with Gasteiger partial charge in [0.2, 0.25) is 0 Å². The first kappa shape index (κ1) is 10.4. The van der Waals surface area contributed by atoms with Crippen LogP contribution >= 0.6 is 0 Å². The molecule has 0 aliphatic carbocycles. The molecular formula is C11H11N3O2. The topological polar surface area (TPSA) is 68.0 Å². The maximum Gasteiger partial charge on any atom is 0.339 e. The van der Waals surface area contributed by atoms with Crippen molar-refractivity contribution in [2.45, 2.75) is 13.8 Å². The molecule has 2 rings (SSSR count). The minimum Gasteiger partial charge on any atom is -0.478 e. The second-order valence-electron chi connectivity index (χ2n) is 3.54. The van der Waals surface area contributed by atoms with E-state index in [9.17, 15) is 4.79 Å². The molecule has 82 valence electrons. The molecule has 0 atom stereocenters. The molecule has 0 aromatic carbocycles. The summed E-state index contributed by atoms with van der Waals surface area (Å²) in [6.45, 7) is 3.58. The van der Waals surface area contributed by atoms with Gasteiger partial charge >= 0.3 is 5.97 Å². The molecule has 1 N–H and O–H groups in total. The first-order valence-corrected chi connectivity index (χ1v) is 4.80. The molecule has 2 heterocycles. The highest BCUT2D eigenvalue weighted by atomic mass is 16.4. The Kier molecular flexibility index (Phi) is 2.44. The van der Waals surface area contributed by atoms with E-state index in [0.29, 0.717) is 5.69 Å². The van der Waals surface area contributed by atoms with Crippen LogP contribution in [0.4, 0.5) is 0 Å². The maximum atomic E-state index is 10.9. The third-order valence-electron chi connectivity index (χ3n) is 2.37. The summed E-state index contributed by atoms with van der Waals surface area (Å²) in [6, 6.07) is 1.80. The van der Waals surface area contributed by atoms with Crippen molar-refractivity contribution >= 4 is 5.97 Å². The summed E-state index contributed by atoms with van der Waals surface area (Å²) in [5, 5.41) is 13.1. The third kappa shape index (κ3) is 1.67. The van der Waals surface area contributed by atoms with Gasteiger partial charge in [0.1, 0.15) is 5.56 Å². The highest BCUT2D eigenvalue weighted by Gasteiger charge is 2.13. The van der Waals surface area contributed by atoms with E-state index in [2.05, 4.69) is 10.1 Å². The molecule has 0 aliphatic heterocycles. The lowest BCUT2D eigenvalue weighted by Crippen LogP contribution is -1.98. The zero-order valence-electron chi connectivity index (χ0n) is 9.01. The van der Waals surface area contributed by atoms with E-state index in [1.807, 2.05) is 6.92 Å². The van der Waals surface area contributed by atoms with Gasteiger partial charge in [-0.25, -0.2) is 9.48 Å². The van der Waals surface area contributed by atoms with E-state index in [1.54, 1.807) is 30.1 Å². The van der Waals surface area contributed by atoms with E-state index < -0.39 is 5.97 Å². The molecule has 5 nitrogen and oxygen atoms in total. The number of aromatic nitrogens is 3. The number of hydrogen-bond donors (Lipinski definition) is 1. The number of rotatable bonds is 2. The van der Waals surface area contributed by atoms with Crippen molar-refractivity contribution in [1.82, 2.24) is 14.8 Å². The molecule has 0 unspecified atom stereocenters. The van der Waals surface area contributed by atoms with Crippen molar-refractivity contribution in [1.29, 1.82) is 0 Å². The number of aromatic carboxylic acids is 1. The second-order valence-corrected chi connectivity index (χ2v) is 3.54. The average Bonchev–Trinajstić information content (AvgIpc) is 2.61. The number of aryl methyl sites for hydroxylation is 2. The van der Waals surface area contributed by atoms with Crippen LogP contribution in [-0.2, 0) is 0 Å². The fourth-order valence-electron chi connectivity index (χ4n) is 1.52. The minimum absolute atomic E-state index is 0.219. The van der Waals surface area contributed by atoms with E-state index in [1.165, 1.54) is 6.20 Å². The Labute approximate surface area is 92.4 Å². The van der Waals surface area contributed by atoms with Crippen molar-refractivity contribution in [3.05, 3.63) is 41.5 Å². The van der Waals surface area contributed by atoms with Crippen molar-refractivity contribution < 1.29 is 9.90 Å². The van der Waals surface area contributed by atoms with Crippen molar-refractivity contribution in [3.63, 3.8) is 0 Å². The standard InChI is InChI=1S/C11H11N3O2/c1-7-5-12-4-3-10(7)14-6-9(11(15)16)8(2)13-14/h3-6H,1-2H3,(H,15,16). The highest BCUT2D eigenvalue weighted by Crippen LogP contribution is 2.14. The lowest BCUT2D eigenvalue weighted by molar-refractivity contribution is 0.0696. The largest absolute Gasteiger partial charge is 0.478 e. The molecule has 2 aromatic heterocycles. The fourth-order valence-corrected chi connectivity index (χ4v) is 1.52. The summed E-state index contributed by atoms with van der Waals surface area (Å²) in [5.41, 5.74) is 2.51. The van der Waals surface area contributed by atoms with Crippen LogP contribution in [0.3, 0.4) is 0 Å². The predicted octanol–water partition coefficient (Wildman–Crippen LogP) is 1.58. The first-order valence-electron chi connectivity index (χ1n) is 4.80. The van der Waals surface area contributed by atoms with Gasteiger partial charge in [0.25, 0.3) is 0 Å². The Morgan fingerprint density at radius 2 is 2.19 bits per heavy atom. The van der Waals surface area contributed by atoms with Gasteiger partial charge < -0.3 is 5.11 Å². The summed E-state index contributed by atoms with van der Waals surface area (Å²) in [5.74, 6) is -0.963. The Morgan fingerprint density at radius 1 is 1.44 bits per heavy atom. The number of carboxylic acid groups (broad SMARTS) is 1. The second kappa shape index (κ2) is 3.77. The van der Waals surface area contributed by atoms with E-state index >= 15 is 0 Å². The summed E-state index contributed by atoms with van der Waals surface area (Å²) < 4.78 is 1.57. The first-order chi connectivity index (χ1) is 7.59. The summed E-state index contributed by atoms with van der Waals surface area (Å²) in [7, 11) is 0. The van der Waals surface area contributed by atoms with Crippen LogP contribution in [0, 0.1) is 13.8 Å². The van der Waals surface area contributed by atoms with E-state index in [0.717, 1.165) is 11.3 Å². The van der Waals surface area contributed by atoms with Crippen LogP contribution in [0.2, 0.25) is 0 Å². The summed E-state index contributed by atoms with van der Waals surface area (Å²) >= 11 is 0. The Bertz CT molecular complexity index is 546. The normalized spacial score (nSPS) is 10.4. The van der Waals surface area contributed by atoms with Gasteiger partial charge in [-0.2, -0.15) is 5.10 Å². The molecule has 0 bridgehead atoms. The van der Waals surface area contributed by atoms with Crippen molar-refractivity contribution in [2.24, 2.45) is 0 Å². The molecule has 0 saturated carbocycles. The van der Waals surface area contributed by atoms with Gasteiger partial charge in [0.15, 0.2) is 0 Å². The molecular weight excluding hydrogens is 206 g/mol. The van der Waals surface area contributed by atoms with Gasteiger partial charge in [-0.15, -0.1) is 0 Å². The number of nitrogens with zero attached hydrogens (tertiary/aromatic N) is 3. The van der Waals surface area contributed by atoms with Crippen LogP contribution in [0.15, 0.2) is 24.7 Å². The number of carboxylic acids is 1. The van der Waals surface area contributed by atoms with Gasteiger partial charge in [-0.1, -0.05) is 0 Å². The molecule has 0 aliphatic rings. The average molecular weight is 217 g/mol. The molecule has 2 aromatic rings. The lowest BCUT2D eigenvalue weighted by atomic mass is 10.2. The van der Waals surface area contributed by atoms with Crippen LogP contribution in [0.25, 0.3) is 5.69 Å². The number of hydrogen-bond acceptors (Lipinski definition) is 3. The van der Waals surface area contributed by atoms with Crippen LogP contribution in [0.5, 0.6) is 0 Å². The summed E-state index contributed by atoms with van der Waals surface area (Å²) in [6.07, 6.45) is 4.88. The third-order valence-corrected chi connectivity index (χ3v) is 2.37. The van der Waals surface area contributed by atoms with Gasteiger partial charge in [-0.05, 0) is 25.5 Å². The van der Waals surface area contributed by atoms with Gasteiger partial charge in [0.05, 0.1) is 11.4 Å². The molecule has 16 heavy (non-hydrogen) atoms. The molecule has 0 saturated heterocycles. The zero-order chi connectivity index (χ0) is 11.7. The molecule has 0 amide bonds. The number of carbonyl (C=O) groups is 1. The van der Waals surface area contributed by atoms with Gasteiger partial charge in [-0.3, -0.25) is 4.98 Å². The molecule has 0 spiro atoms. The van der Waals surface area contributed by atoms with Crippen LogP contribution in [-0.4, -0.2) is 25.8 Å². The Balaban J connectivity index is 2.54. The number of pyridine rings is 1. The highest BCUT2D eigenvalue weighted by molar-refractivity contribution is 5.88. The summed E-state index contributed by atoms with van der Waals surface area (Å²) in [4.78, 5) is 14.9. The molecule has 0 fully saturated rings. The lowest BCUT2D eigenvalue weighted by Gasteiger charge is -2.03. The maximum absolute atomic E-state index is 10.9. The molecule has 0 radical (unpaired) electrons. The predicted molar refractivity (Wildman–Crippen MR) is 57.8 cm³/mol. The van der Waals surface area contributed by atoms with E-state index in [-0.39, 0.29) is 5.56 Å². The fraction of sp³-hybridized carbons (Fsp3) is 0.182. The monoisotopic (exact) mass is 217 g/mol. The molecule has 5 heteroatoms. The quantitative estimate of drug-likeness (QED) is 0.829. The van der Waals surface area contributed by atoms with Gasteiger partial charge in [0, 0.05) is 18.6 Å². The van der Waals surface area contributed by atoms with Crippen LogP contribution < -0.4 is 0 Å². The SMILES string of the molecule is Cc1cnccc1-n1cc(C(=O)O)c(C)n1. The zero-order valence-corrected chi connectivity index (χ0v) is 9.01. The van der Waals surface area contributed by atoms with E-state index in [4.69, 9.17) is 5.11 Å². The smallest absolute Gasteiger partial charge is 0.339 e. The van der Waals surface area contributed by atoms with Crippen molar-refractivity contribution in [3.8, 4) is 5.69 Å². The minimum atomic E-state index is -0.963. The van der Waals surface area contributed by atoms with Crippen LogP contribution in [0.1, 0.15) is 21.6 Å². The Morgan fingerprint density at radius 3 is 2.75 bits per heavy atom.